The minimum atomic E-state index is -4.99. The van der Waals surface area contributed by atoms with E-state index in [1.54, 1.807) is 0 Å². The molecule has 0 fully saturated rings. The number of rotatable bonds is 2. The molecule has 2 aromatic carbocycles. The number of alkyl halides is 3. The van der Waals surface area contributed by atoms with Gasteiger partial charge in [0.2, 0.25) is 0 Å². The summed E-state index contributed by atoms with van der Waals surface area (Å²) in [5.41, 5.74) is -4.30. The van der Waals surface area contributed by atoms with Crippen molar-refractivity contribution in [2.75, 3.05) is 0 Å². The van der Waals surface area contributed by atoms with Gasteiger partial charge in [-0.25, -0.2) is 4.79 Å². The number of fused-ring (bicyclic) bond motifs is 1. The lowest BCUT2D eigenvalue weighted by Gasteiger charge is -2.10. The van der Waals surface area contributed by atoms with E-state index in [9.17, 15) is 33.2 Å². The minimum absolute atomic E-state index is 0.118. The smallest absolute Gasteiger partial charge is 0.423 e. The van der Waals surface area contributed by atoms with Gasteiger partial charge in [-0.05, 0) is 34.1 Å². The maximum absolute atomic E-state index is 13.1. The fourth-order valence-corrected chi connectivity index (χ4v) is 3.28. The number of nitrogens with zero attached hydrogens (tertiary/aromatic N) is 2. The first-order valence-corrected chi connectivity index (χ1v) is 7.86. The molecule has 7 nitrogen and oxygen atoms in total. The number of halogens is 5. The maximum Gasteiger partial charge on any atom is 0.423 e. The Balaban J connectivity index is 2.43. The summed E-state index contributed by atoms with van der Waals surface area (Å²) < 4.78 is 40.1. The second-order valence-corrected chi connectivity index (χ2v) is 6.45. The molecule has 0 radical (unpaired) electrons. The highest BCUT2D eigenvalue weighted by Crippen LogP contribution is 2.39. The molecule has 0 amide bonds. The number of benzene rings is 2. The Bertz CT molecular complexity index is 1120. The van der Waals surface area contributed by atoms with Gasteiger partial charge in [-0.2, -0.15) is 13.2 Å². The van der Waals surface area contributed by atoms with E-state index >= 15 is 0 Å². The highest BCUT2D eigenvalue weighted by molar-refractivity contribution is 9.10. The van der Waals surface area contributed by atoms with E-state index in [-0.39, 0.29) is 26.2 Å². The summed E-state index contributed by atoms with van der Waals surface area (Å²) in [7, 11) is 0. The fourth-order valence-electron chi connectivity index (χ4n) is 2.48. The summed E-state index contributed by atoms with van der Waals surface area (Å²) in [4.78, 5) is 24.3. The Labute approximate surface area is 154 Å². The standard InChI is InChI=1S/C14H6BrClF3N3O4/c15-7-1-5(16)2-11(12(7)23)21-10-4-9(22(25)26)6(14(17,18)19)3-8(10)20-13(21)24/h1-4,23H,(H,20,24). The summed E-state index contributed by atoms with van der Waals surface area (Å²) >= 11 is 8.92. The minimum Gasteiger partial charge on any atom is -0.505 e. The van der Waals surface area contributed by atoms with Crippen LogP contribution in [0.15, 0.2) is 33.5 Å². The van der Waals surface area contributed by atoms with Crippen LogP contribution in [-0.2, 0) is 6.18 Å². The quantitative estimate of drug-likeness (QED) is 0.445. The van der Waals surface area contributed by atoms with E-state index in [4.69, 9.17) is 11.6 Å². The monoisotopic (exact) mass is 451 g/mol. The molecule has 3 aromatic rings. The number of phenolic OH excluding ortho intramolecular Hbond substituents is 1. The number of nitro benzene ring substituents is 1. The van der Waals surface area contributed by atoms with Crippen molar-refractivity contribution in [3.63, 3.8) is 0 Å². The first kappa shape index (κ1) is 18.3. The number of H-pyrrole nitrogens is 1. The van der Waals surface area contributed by atoms with Gasteiger partial charge >= 0.3 is 11.9 Å². The van der Waals surface area contributed by atoms with Crippen molar-refractivity contribution in [3.05, 3.63) is 59.9 Å². The lowest BCUT2D eigenvalue weighted by molar-refractivity contribution is -0.387. The van der Waals surface area contributed by atoms with Crippen LogP contribution < -0.4 is 5.69 Å². The van der Waals surface area contributed by atoms with Crippen molar-refractivity contribution in [1.82, 2.24) is 9.55 Å². The van der Waals surface area contributed by atoms with Crippen LogP contribution in [-0.4, -0.2) is 19.6 Å². The Morgan fingerprint density at radius 3 is 2.50 bits per heavy atom. The van der Waals surface area contributed by atoms with Crippen LogP contribution in [0.5, 0.6) is 5.75 Å². The molecule has 3 rings (SSSR count). The molecular formula is C14H6BrClF3N3O4. The van der Waals surface area contributed by atoms with Gasteiger partial charge in [-0.3, -0.25) is 14.7 Å². The van der Waals surface area contributed by atoms with Gasteiger partial charge in [-0.1, -0.05) is 11.6 Å². The molecule has 0 aliphatic rings. The van der Waals surface area contributed by atoms with Crippen molar-refractivity contribution in [3.8, 4) is 11.4 Å². The van der Waals surface area contributed by atoms with Gasteiger partial charge in [0, 0.05) is 11.1 Å². The number of imidazole rings is 1. The van der Waals surface area contributed by atoms with Crippen LogP contribution in [0.1, 0.15) is 5.56 Å². The fraction of sp³-hybridized carbons (Fsp3) is 0.0714. The van der Waals surface area contributed by atoms with Crippen LogP contribution >= 0.6 is 27.5 Å². The average Bonchev–Trinajstić information content (AvgIpc) is 2.83. The van der Waals surface area contributed by atoms with Crippen LogP contribution in [0.2, 0.25) is 5.02 Å². The number of hydrogen-bond acceptors (Lipinski definition) is 4. The number of nitro groups is 1. The van der Waals surface area contributed by atoms with Crippen molar-refractivity contribution in [2.45, 2.75) is 6.18 Å². The van der Waals surface area contributed by atoms with E-state index < -0.39 is 33.8 Å². The predicted molar refractivity (Wildman–Crippen MR) is 89.9 cm³/mol. The van der Waals surface area contributed by atoms with Crippen molar-refractivity contribution in [1.29, 1.82) is 0 Å². The third kappa shape index (κ3) is 2.92. The SMILES string of the molecule is O=c1[nH]c2cc(C(F)(F)F)c([N+](=O)[O-])cc2n1-c1cc(Cl)cc(Br)c1O. The molecule has 0 saturated heterocycles. The first-order chi connectivity index (χ1) is 12.0. The zero-order valence-corrected chi connectivity index (χ0v) is 14.6. The van der Waals surface area contributed by atoms with Crippen molar-refractivity contribution < 1.29 is 23.2 Å². The largest absolute Gasteiger partial charge is 0.505 e. The summed E-state index contributed by atoms with van der Waals surface area (Å²) in [5, 5.41) is 21.3. The van der Waals surface area contributed by atoms with E-state index in [2.05, 4.69) is 20.9 Å². The number of hydrogen-bond donors (Lipinski definition) is 2. The molecule has 0 bridgehead atoms. The Morgan fingerprint density at radius 2 is 1.92 bits per heavy atom. The zero-order chi connectivity index (χ0) is 19.4. The van der Waals surface area contributed by atoms with E-state index in [0.29, 0.717) is 12.1 Å². The van der Waals surface area contributed by atoms with Crippen LogP contribution in [0.4, 0.5) is 18.9 Å². The second kappa shape index (κ2) is 6.02. The topological polar surface area (TPSA) is 101 Å². The molecule has 26 heavy (non-hydrogen) atoms. The molecule has 0 aliphatic heterocycles. The van der Waals surface area contributed by atoms with Gasteiger partial charge in [0.05, 0.1) is 26.1 Å². The molecule has 12 heteroatoms. The summed E-state index contributed by atoms with van der Waals surface area (Å²) in [5.74, 6) is -0.417. The van der Waals surface area contributed by atoms with E-state index in [1.807, 2.05) is 0 Å². The van der Waals surface area contributed by atoms with Crippen LogP contribution in [0.25, 0.3) is 16.7 Å². The molecule has 0 atom stereocenters. The molecule has 0 unspecified atom stereocenters. The molecule has 0 spiro atoms. The molecular weight excluding hydrogens is 447 g/mol. The summed E-state index contributed by atoms with van der Waals surface area (Å²) in [6.07, 6.45) is -4.99. The predicted octanol–water partition coefficient (Wildman–Crippen LogP) is 4.37. The zero-order valence-electron chi connectivity index (χ0n) is 12.3. The first-order valence-electron chi connectivity index (χ1n) is 6.69. The maximum atomic E-state index is 13.1. The lowest BCUT2D eigenvalue weighted by atomic mass is 10.1. The van der Waals surface area contributed by atoms with Crippen LogP contribution in [0, 0.1) is 10.1 Å². The molecule has 1 aromatic heterocycles. The Kier molecular flexibility index (Phi) is 4.23. The molecule has 0 aliphatic carbocycles. The van der Waals surface area contributed by atoms with Gasteiger partial charge in [-0.15, -0.1) is 0 Å². The summed E-state index contributed by atoms with van der Waals surface area (Å²) in [6.45, 7) is 0. The molecule has 136 valence electrons. The molecule has 1 heterocycles. The highest BCUT2D eigenvalue weighted by atomic mass is 79.9. The van der Waals surface area contributed by atoms with Gasteiger partial charge in [0.15, 0.2) is 5.75 Å². The molecule has 0 saturated carbocycles. The Hall–Kier alpha value is -2.53. The third-order valence-electron chi connectivity index (χ3n) is 3.55. The molecule has 2 N–H and O–H groups in total. The number of nitrogens with one attached hydrogen (secondary N) is 1. The second-order valence-electron chi connectivity index (χ2n) is 5.16. The average molecular weight is 453 g/mol. The van der Waals surface area contributed by atoms with E-state index in [0.717, 1.165) is 4.57 Å². The van der Waals surface area contributed by atoms with Crippen molar-refractivity contribution >= 4 is 44.3 Å². The number of aromatic nitrogens is 2. The van der Waals surface area contributed by atoms with Gasteiger partial charge in [0.25, 0.3) is 5.69 Å². The van der Waals surface area contributed by atoms with Crippen molar-refractivity contribution in [2.24, 2.45) is 0 Å². The van der Waals surface area contributed by atoms with Gasteiger partial charge < -0.3 is 10.1 Å². The highest BCUT2D eigenvalue weighted by Gasteiger charge is 2.39. The Morgan fingerprint density at radius 1 is 1.27 bits per heavy atom. The number of phenols is 1. The lowest BCUT2D eigenvalue weighted by Crippen LogP contribution is -2.15. The van der Waals surface area contributed by atoms with Gasteiger partial charge in [0.1, 0.15) is 5.56 Å². The van der Waals surface area contributed by atoms with Crippen LogP contribution in [0.3, 0.4) is 0 Å². The number of aromatic hydroxyl groups is 1. The normalized spacial score (nSPS) is 11.9. The van der Waals surface area contributed by atoms with E-state index in [1.165, 1.54) is 12.1 Å². The summed E-state index contributed by atoms with van der Waals surface area (Å²) in [6, 6.07) is 3.62. The number of aromatic amines is 1. The third-order valence-corrected chi connectivity index (χ3v) is 4.37.